The van der Waals surface area contributed by atoms with Gasteiger partial charge in [-0.15, -0.1) is 0 Å². The quantitative estimate of drug-likeness (QED) is 0.239. The number of aliphatic hydroxyl groups is 1. The number of carbonyl (C=O) groups is 4. The molecule has 0 spiro atoms. The van der Waals surface area contributed by atoms with Crippen molar-refractivity contribution in [2.45, 2.75) is 123 Å². The normalized spacial score (nSPS) is 22.9. The number of hydrogen-bond acceptors (Lipinski definition) is 7. The van der Waals surface area contributed by atoms with Gasteiger partial charge in [0.2, 0.25) is 17.7 Å². The van der Waals surface area contributed by atoms with E-state index in [0.717, 1.165) is 31.2 Å². The van der Waals surface area contributed by atoms with Crippen LogP contribution in [0.5, 0.6) is 11.5 Å². The van der Waals surface area contributed by atoms with E-state index in [1.807, 2.05) is 32.1 Å². The summed E-state index contributed by atoms with van der Waals surface area (Å²) in [5.74, 6) is -1.22. The molecule has 11 nitrogen and oxygen atoms in total. The summed E-state index contributed by atoms with van der Waals surface area (Å²) in [5, 5.41) is 19.7. The van der Waals surface area contributed by atoms with E-state index in [9.17, 15) is 24.3 Å². The number of nitrogens with one attached hydrogen (secondary N) is 3. The fraction of sp³-hybridized carbons (Fsp3) is 0.676. The highest BCUT2D eigenvalue weighted by atomic mass is 16.5. The molecular weight excluding hydrogens is 612 g/mol. The minimum Gasteiger partial charge on any atom is -0.497 e. The van der Waals surface area contributed by atoms with Gasteiger partial charge in [0.15, 0.2) is 6.10 Å². The Morgan fingerprint density at radius 1 is 1.08 bits per heavy atom. The monoisotopic (exact) mass is 672 g/mol. The van der Waals surface area contributed by atoms with Crippen LogP contribution in [0.15, 0.2) is 30.4 Å². The van der Waals surface area contributed by atoms with Crippen molar-refractivity contribution in [3.8, 4) is 11.5 Å². The van der Waals surface area contributed by atoms with E-state index in [0.29, 0.717) is 37.2 Å². The lowest BCUT2D eigenvalue weighted by Gasteiger charge is -2.37. The Morgan fingerprint density at radius 3 is 2.42 bits per heavy atom. The minimum absolute atomic E-state index is 0.0234. The highest BCUT2D eigenvalue weighted by Crippen LogP contribution is 2.30. The first-order chi connectivity index (χ1) is 22.9. The van der Waals surface area contributed by atoms with Crippen LogP contribution in [0.2, 0.25) is 0 Å². The zero-order valence-electron chi connectivity index (χ0n) is 30.3. The average molecular weight is 673 g/mol. The maximum atomic E-state index is 14.6. The van der Waals surface area contributed by atoms with Crippen LogP contribution in [0.4, 0.5) is 0 Å². The van der Waals surface area contributed by atoms with Gasteiger partial charge in [-0.25, -0.2) is 0 Å². The van der Waals surface area contributed by atoms with E-state index in [-0.39, 0.29) is 42.7 Å². The lowest BCUT2D eigenvalue weighted by Crippen LogP contribution is -2.58. The van der Waals surface area contributed by atoms with Gasteiger partial charge in [0.05, 0.1) is 26.8 Å². The molecule has 0 bridgehead atoms. The lowest BCUT2D eigenvalue weighted by atomic mass is 9.90. The van der Waals surface area contributed by atoms with Crippen LogP contribution in [0.3, 0.4) is 0 Å². The van der Waals surface area contributed by atoms with Crippen molar-refractivity contribution in [2.24, 2.45) is 17.8 Å². The Labute approximate surface area is 287 Å². The summed E-state index contributed by atoms with van der Waals surface area (Å²) >= 11 is 0. The van der Waals surface area contributed by atoms with Crippen LogP contribution in [0.25, 0.3) is 0 Å². The van der Waals surface area contributed by atoms with Crippen LogP contribution in [0, 0.1) is 17.8 Å². The summed E-state index contributed by atoms with van der Waals surface area (Å²) in [5.41, 5.74) is 0.718. The molecule has 0 fully saturated rings. The molecule has 1 aromatic rings. The van der Waals surface area contributed by atoms with E-state index >= 15 is 0 Å². The second-order valence-corrected chi connectivity index (χ2v) is 13.5. The molecule has 0 aromatic heterocycles. The smallest absolute Gasteiger partial charge is 0.251 e. The first-order valence-electron chi connectivity index (χ1n) is 17.5. The molecule has 0 saturated heterocycles. The van der Waals surface area contributed by atoms with E-state index in [2.05, 4.69) is 22.9 Å². The van der Waals surface area contributed by atoms with E-state index < -0.39 is 35.9 Å². The molecule has 4 N–H and O–H groups in total. The summed E-state index contributed by atoms with van der Waals surface area (Å²) < 4.78 is 11.1. The van der Waals surface area contributed by atoms with Gasteiger partial charge in [0.25, 0.3) is 5.91 Å². The third-order valence-corrected chi connectivity index (χ3v) is 8.80. The molecule has 0 saturated carbocycles. The number of rotatable bonds is 12. The molecular formula is C37H60N4O7. The number of ether oxygens (including phenoxy) is 2. The number of methoxy groups -OCH3 is 2. The number of aliphatic hydroxyl groups excluding tert-OH is 1. The standard InChI is InChI=1S/C37H60N4O7/c1-9-15-26-16-13-11-10-12-14-17-27(34(43)38-6)21-30(33(42)36(45)39-25(4)5)40-35(44)31(20-24(2)3)41(37(26)46)23-28-18-19-29(47-7)22-32(28)48-8/h12,14,18-19,22,24-27,30-31,33,42H,9-11,13,15-17,20-21,23H2,1-8H3,(H,38,43)(H,39,45)(H,40,44)/b14-12-/t26?,27?,30?,31?,33-/m1/s1. The van der Waals surface area contributed by atoms with Crippen LogP contribution in [0.1, 0.15) is 98.0 Å². The molecule has 11 heteroatoms. The fourth-order valence-corrected chi connectivity index (χ4v) is 6.25. The van der Waals surface area contributed by atoms with Crippen molar-refractivity contribution < 1.29 is 33.8 Å². The summed E-state index contributed by atoms with van der Waals surface area (Å²) in [6, 6.07) is 3.14. The Hall–Kier alpha value is -3.60. The number of carbonyl (C=O) groups excluding carboxylic acids is 4. The summed E-state index contributed by atoms with van der Waals surface area (Å²) in [7, 11) is 4.67. The van der Waals surface area contributed by atoms with Gasteiger partial charge in [-0.1, -0.05) is 45.8 Å². The van der Waals surface area contributed by atoms with Crippen molar-refractivity contribution in [3.63, 3.8) is 0 Å². The Morgan fingerprint density at radius 2 is 1.81 bits per heavy atom. The second kappa shape index (κ2) is 20.7. The van der Waals surface area contributed by atoms with Gasteiger partial charge in [-0.05, 0) is 76.8 Å². The molecule has 1 aromatic carbocycles. The maximum absolute atomic E-state index is 14.6. The number of amides is 4. The third-order valence-electron chi connectivity index (χ3n) is 8.80. The number of nitrogens with zero attached hydrogens (tertiary/aromatic N) is 1. The summed E-state index contributed by atoms with van der Waals surface area (Å²) in [4.78, 5) is 56.9. The maximum Gasteiger partial charge on any atom is 0.251 e. The van der Waals surface area contributed by atoms with E-state index in [1.54, 1.807) is 52.1 Å². The van der Waals surface area contributed by atoms with Gasteiger partial charge >= 0.3 is 0 Å². The lowest BCUT2D eigenvalue weighted by molar-refractivity contribution is -0.146. The van der Waals surface area contributed by atoms with Gasteiger partial charge in [0.1, 0.15) is 17.5 Å². The van der Waals surface area contributed by atoms with Crippen LogP contribution >= 0.6 is 0 Å². The minimum atomic E-state index is -1.62. The van der Waals surface area contributed by atoms with Crippen molar-refractivity contribution in [1.82, 2.24) is 20.9 Å². The van der Waals surface area contributed by atoms with Crippen LogP contribution in [-0.4, -0.2) is 79.1 Å². The number of hydrogen-bond donors (Lipinski definition) is 4. The molecule has 0 radical (unpaired) electrons. The molecule has 2 rings (SSSR count). The third kappa shape index (κ3) is 12.5. The molecule has 270 valence electrons. The Balaban J connectivity index is 2.72. The molecule has 1 aliphatic rings. The van der Waals surface area contributed by atoms with Gasteiger partial charge in [-0.3, -0.25) is 19.2 Å². The number of allylic oxidation sites excluding steroid dienone is 2. The fourth-order valence-electron chi connectivity index (χ4n) is 6.25. The second-order valence-electron chi connectivity index (χ2n) is 13.5. The molecule has 4 amide bonds. The first kappa shape index (κ1) is 40.6. The Kier molecular flexibility index (Phi) is 17.5. The zero-order valence-corrected chi connectivity index (χ0v) is 30.3. The molecule has 5 atom stereocenters. The predicted octanol–water partition coefficient (Wildman–Crippen LogP) is 4.51. The van der Waals surface area contributed by atoms with Crippen LogP contribution in [-0.2, 0) is 25.7 Å². The highest BCUT2D eigenvalue weighted by molar-refractivity contribution is 5.90. The highest BCUT2D eigenvalue weighted by Gasteiger charge is 2.38. The predicted molar refractivity (Wildman–Crippen MR) is 187 cm³/mol. The van der Waals surface area contributed by atoms with Crippen LogP contribution < -0.4 is 25.4 Å². The Bertz CT molecular complexity index is 1220. The first-order valence-corrected chi connectivity index (χ1v) is 17.5. The van der Waals surface area contributed by atoms with Crippen molar-refractivity contribution >= 4 is 23.6 Å². The molecule has 4 unspecified atom stereocenters. The topological polar surface area (TPSA) is 146 Å². The summed E-state index contributed by atoms with van der Waals surface area (Å²) in [6.07, 6.45) is 7.84. The van der Waals surface area contributed by atoms with Gasteiger partial charge < -0.3 is 35.4 Å². The number of benzene rings is 1. The van der Waals surface area contributed by atoms with Crippen molar-refractivity contribution in [3.05, 3.63) is 35.9 Å². The SMILES string of the molecule is CCCC1CCCC/C=C\CC(C(=O)NC)CC([C@@H](O)C(=O)NC(C)C)NC(=O)C(CC(C)C)N(Cc2ccc(OC)cc2OC)C1=O. The zero-order chi connectivity index (χ0) is 35.8. The van der Waals surface area contributed by atoms with E-state index in [4.69, 9.17) is 9.47 Å². The van der Waals surface area contributed by atoms with Crippen molar-refractivity contribution in [1.29, 1.82) is 0 Å². The average Bonchev–Trinajstić information content (AvgIpc) is 3.05. The molecule has 0 aliphatic carbocycles. The molecule has 1 aliphatic heterocycles. The molecule has 1 heterocycles. The largest absolute Gasteiger partial charge is 0.497 e. The van der Waals surface area contributed by atoms with E-state index in [1.165, 1.54) is 0 Å². The van der Waals surface area contributed by atoms with Gasteiger partial charge in [0, 0.05) is 36.6 Å². The molecule has 48 heavy (non-hydrogen) atoms. The van der Waals surface area contributed by atoms with Gasteiger partial charge in [-0.2, -0.15) is 0 Å². The summed E-state index contributed by atoms with van der Waals surface area (Å²) in [6.45, 7) is 9.71. The van der Waals surface area contributed by atoms with Crippen molar-refractivity contribution in [2.75, 3.05) is 21.3 Å².